The average molecular weight is 917 g/mol. The highest BCUT2D eigenvalue weighted by Gasteiger charge is 2.33. The first-order valence-corrected chi connectivity index (χ1v) is 18.2. The van der Waals surface area contributed by atoms with Crippen molar-refractivity contribution in [2.45, 2.75) is 74.0 Å². The number of hydrogen-bond donors (Lipinski definition) is 0. The summed E-state index contributed by atoms with van der Waals surface area (Å²) in [4.78, 5) is 23.9. The van der Waals surface area contributed by atoms with Gasteiger partial charge in [-0.1, -0.05) is 34.3 Å². The van der Waals surface area contributed by atoms with Gasteiger partial charge in [0, 0.05) is 54.9 Å². The Bertz CT molecular complexity index is 2280. The van der Waals surface area contributed by atoms with Gasteiger partial charge in [-0.15, -0.1) is 26.3 Å². The van der Waals surface area contributed by atoms with Crippen molar-refractivity contribution in [2.24, 2.45) is 0 Å². The van der Waals surface area contributed by atoms with E-state index >= 15 is 0 Å². The van der Waals surface area contributed by atoms with E-state index in [1.807, 2.05) is 19.9 Å². The standard InChI is InChI=1S/C16H17N3O.C13H11F3N2O2.C12H8BrF3N2O2.CH4/c1-11-9-18-15(19-10-11)20-14-6-5-12(8-17)7-13(14)16(2,3)4;1-8-6-17-12(18-7-8)19-10-4-3-9(2)11(5-10)20-13(14,15)16;1-7-5-17-11(18-6-7)19-8-2-3-9(13)10(4-8)20-12(14,15)16;/h5-7,9-10H,1-4H3;3-7H,1-2H3;2-6H,1H3;1H4. The van der Waals surface area contributed by atoms with Gasteiger partial charge in [-0.05, 0) is 108 Å². The lowest BCUT2D eigenvalue weighted by molar-refractivity contribution is -0.275. The topological polar surface area (TPSA) is 147 Å². The number of nitriles is 1. The Hall–Kier alpha value is -6.55. The number of hydrogen-bond acceptors (Lipinski definition) is 12. The van der Waals surface area contributed by atoms with E-state index < -0.39 is 18.5 Å². The second-order valence-corrected chi connectivity index (χ2v) is 14.5. The van der Waals surface area contributed by atoms with E-state index in [1.54, 1.807) is 43.8 Å². The molecule has 3 aromatic heterocycles. The van der Waals surface area contributed by atoms with Gasteiger partial charge in [0.2, 0.25) is 0 Å². The first-order chi connectivity index (χ1) is 28.1. The monoisotopic (exact) mass is 915 g/mol. The summed E-state index contributed by atoms with van der Waals surface area (Å²) in [6.07, 6.45) is 0.0622. The van der Waals surface area contributed by atoms with Crippen LogP contribution in [0.4, 0.5) is 26.3 Å². The van der Waals surface area contributed by atoms with Crippen LogP contribution in [-0.4, -0.2) is 42.6 Å². The Balaban J connectivity index is 0.000000242. The van der Waals surface area contributed by atoms with E-state index in [9.17, 15) is 26.3 Å². The molecule has 6 aromatic rings. The second kappa shape index (κ2) is 21.1. The molecule has 6 rings (SSSR count). The van der Waals surface area contributed by atoms with Crippen LogP contribution in [0, 0.1) is 39.0 Å². The lowest BCUT2D eigenvalue weighted by Gasteiger charge is -2.22. The fourth-order valence-corrected chi connectivity index (χ4v) is 4.84. The molecular formula is C42H40BrF6N7O5. The van der Waals surface area contributed by atoms with Crippen LogP contribution >= 0.6 is 15.9 Å². The molecule has 0 amide bonds. The van der Waals surface area contributed by atoms with Crippen LogP contribution in [0.3, 0.4) is 0 Å². The van der Waals surface area contributed by atoms with Crippen LogP contribution in [0.5, 0.6) is 46.8 Å². The van der Waals surface area contributed by atoms with Gasteiger partial charge in [-0.3, -0.25) is 0 Å². The molecule has 322 valence electrons. The molecule has 0 saturated heterocycles. The van der Waals surface area contributed by atoms with Crippen molar-refractivity contribution < 1.29 is 50.0 Å². The number of aromatic nitrogens is 6. The van der Waals surface area contributed by atoms with Crippen LogP contribution in [0.2, 0.25) is 0 Å². The largest absolute Gasteiger partial charge is 0.573 e. The van der Waals surface area contributed by atoms with Gasteiger partial charge in [0.05, 0.1) is 16.1 Å². The van der Waals surface area contributed by atoms with E-state index in [0.717, 1.165) is 34.4 Å². The van der Waals surface area contributed by atoms with Crippen LogP contribution in [-0.2, 0) is 5.41 Å². The van der Waals surface area contributed by atoms with Gasteiger partial charge in [-0.2, -0.15) is 5.26 Å². The SMILES string of the molecule is C.Cc1cnc(Oc2ccc(Br)c(OC(F)(F)F)c2)nc1.Cc1cnc(Oc2ccc(C#N)cc2C(C)(C)C)nc1.Cc1cnc(Oc2ccc(C)c(OC(F)(F)F)c2)nc1. The summed E-state index contributed by atoms with van der Waals surface area (Å²) in [7, 11) is 0. The lowest BCUT2D eigenvalue weighted by Crippen LogP contribution is -2.17. The molecule has 0 aliphatic heterocycles. The van der Waals surface area contributed by atoms with Gasteiger partial charge in [-0.25, -0.2) is 29.9 Å². The van der Waals surface area contributed by atoms with Crippen molar-refractivity contribution in [2.75, 3.05) is 0 Å². The Morgan fingerprint density at radius 3 is 1.38 bits per heavy atom. The molecule has 0 spiro atoms. The third-order valence-electron chi connectivity index (χ3n) is 7.32. The van der Waals surface area contributed by atoms with Gasteiger partial charge in [0.1, 0.15) is 28.7 Å². The number of nitrogens with zero attached hydrogens (tertiary/aromatic N) is 7. The van der Waals surface area contributed by atoms with Crippen molar-refractivity contribution in [1.29, 1.82) is 5.26 Å². The van der Waals surface area contributed by atoms with Gasteiger partial charge < -0.3 is 23.7 Å². The molecule has 0 saturated carbocycles. The summed E-state index contributed by atoms with van der Waals surface area (Å²) >= 11 is 2.97. The van der Waals surface area contributed by atoms with Crippen molar-refractivity contribution >= 4 is 15.9 Å². The number of benzene rings is 3. The molecule has 19 heteroatoms. The minimum atomic E-state index is -4.78. The molecule has 0 bridgehead atoms. The predicted octanol–water partition coefficient (Wildman–Crippen LogP) is 12.4. The maximum absolute atomic E-state index is 12.2. The molecule has 12 nitrogen and oxygen atoms in total. The minimum absolute atomic E-state index is 0. The summed E-state index contributed by atoms with van der Waals surface area (Å²) in [5, 5.41) is 9.02. The first kappa shape index (κ1) is 48.8. The third-order valence-corrected chi connectivity index (χ3v) is 7.98. The van der Waals surface area contributed by atoms with E-state index in [4.69, 9.17) is 19.5 Å². The van der Waals surface area contributed by atoms with Gasteiger partial charge >= 0.3 is 30.8 Å². The minimum Gasteiger partial charge on any atom is -0.424 e. The summed E-state index contributed by atoms with van der Waals surface area (Å²) < 4.78 is 97.6. The molecule has 0 unspecified atom stereocenters. The lowest BCUT2D eigenvalue weighted by atomic mass is 9.85. The molecule has 0 N–H and O–H groups in total. The van der Waals surface area contributed by atoms with Crippen molar-refractivity contribution in [3.63, 3.8) is 0 Å². The fourth-order valence-electron chi connectivity index (χ4n) is 4.51. The normalized spacial score (nSPS) is 11.0. The fraction of sp³-hybridized carbons (Fsp3) is 0.262. The van der Waals surface area contributed by atoms with Crippen LogP contribution < -0.4 is 23.7 Å². The molecule has 0 aliphatic rings. The summed E-state index contributed by atoms with van der Waals surface area (Å²) in [5.74, 6) is 0.264. The number of alkyl halides is 6. The second-order valence-electron chi connectivity index (χ2n) is 13.6. The maximum Gasteiger partial charge on any atom is 0.573 e. The number of rotatable bonds is 8. The highest BCUT2D eigenvalue weighted by Crippen LogP contribution is 2.36. The molecule has 3 aromatic carbocycles. The quantitative estimate of drug-likeness (QED) is 0.134. The third kappa shape index (κ3) is 16.6. The highest BCUT2D eigenvalue weighted by atomic mass is 79.9. The highest BCUT2D eigenvalue weighted by molar-refractivity contribution is 9.10. The Morgan fingerprint density at radius 2 is 0.951 bits per heavy atom. The van der Waals surface area contributed by atoms with Crippen molar-refractivity contribution in [3.8, 4) is 52.8 Å². The molecule has 0 aliphatic carbocycles. The molecular weight excluding hydrogens is 876 g/mol. The maximum atomic E-state index is 12.2. The Labute approximate surface area is 356 Å². The van der Waals surface area contributed by atoms with Crippen LogP contribution in [0.1, 0.15) is 61.6 Å². The molecule has 0 fully saturated rings. The predicted molar refractivity (Wildman–Crippen MR) is 216 cm³/mol. The van der Waals surface area contributed by atoms with Crippen LogP contribution in [0.15, 0.2) is 96.3 Å². The van der Waals surface area contributed by atoms with E-state index in [2.05, 4.69) is 82.1 Å². The number of ether oxygens (including phenoxy) is 5. The molecule has 0 radical (unpaired) electrons. The smallest absolute Gasteiger partial charge is 0.424 e. The Kier molecular flexibility index (Phi) is 16.9. The molecule has 61 heavy (non-hydrogen) atoms. The summed E-state index contributed by atoms with van der Waals surface area (Å²) in [5.41, 5.74) is 4.46. The molecule has 3 heterocycles. The van der Waals surface area contributed by atoms with Crippen molar-refractivity contribution in [1.82, 2.24) is 29.9 Å². The summed E-state index contributed by atoms with van der Waals surface area (Å²) in [6, 6.07) is 16.0. The first-order valence-electron chi connectivity index (χ1n) is 17.4. The van der Waals surface area contributed by atoms with E-state index in [-0.39, 0.29) is 46.6 Å². The van der Waals surface area contributed by atoms with Crippen molar-refractivity contribution in [3.05, 3.63) is 130 Å². The Morgan fingerprint density at radius 1 is 0.541 bits per heavy atom. The van der Waals surface area contributed by atoms with Gasteiger partial charge in [0.25, 0.3) is 0 Å². The van der Waals surface area contributed by atoms with E-state index in [0.29, 0.717) is 22.9 Å². The zero-order chi connectivity index (χ0) is 44.3. The zero-order valence-electron chi connectivity index (χ0n) is 33.0. The zero-order valence-corrected chi connectivity index (χ0v) is 34.6. The van der Waals surface area contributed by atoms with Crippen LogP contribution in [0.25, 0.3) is 0 Å². The van der Waals surface area contributed by atoms with Gasteiger partial charge in [0.15, 0.2) is 0 Å². The average Bonchev–Trinajstić information content (AvgIpc) is 3.16. The summed E-state index contributed by atoms with van der Waals surface area (Å²) in [6.45, 7) is 13.3. The van der Waals surface area contributed by atoms with E-state index in [1.165, 1.54) is 43.6 Å². The number of aryl methyl sites for hydroxylation is 4. The number of halogens is 7. The molecule has 0 atom stereocenters.